The lowest BCUT2D eigenvalue weighted by Gasteiger charge is -2.18. The highest BCUT2D eigenvalue weighted by molar-refractivity contribution is 7.91. The minimum Gasteiger partial charge on any atom is -0.207 e. The molecule has 1 aromatic rings. The van der Waals surface area contributed by atoms with Gasteiger partial charge in [-0.15, -0.1) is 22.9 Å². The molecule has 0 spiro atoms. The fraction of sp³-hybridized carbons (Fsp3) is 0.600. The van der Waals surface area contributed by atoms with Crippen LogP contribution < -0.4 is 4.72 Å². The van der Waals surface area contributed by atoms with Crippen LogP contribution in [0.2, 0.25) is 0 Å². The molecule has 1 rings (SSSR count). The van der Waals surface area contributed by atoms with E-state index in [-0.39, 0.29) is 12.0 Å². The average molecular weight is 282 g/mol. The minimum atomic E-state index is -3.38. The zero-order valence-corrected chi connectivity index (χ0v) is 11.9. The highest BCUT2D eigenvalue weighted by Crippen LogP contribution is 2.21. The first-order valence-electron chi connectivity index (χ1n) is 5.01. The molecule has 0 saturated heterocycles. The van der Waals surface area contributed by atoms with E-state index in [0.29, 0.717) is 10.1 Å². The fourth-order valence-corrected chi connectivity index (χ4v) is 4.03. The van der Waals surface area contributed by atoms with E-state index in [4.69, 9.17) is 11.6 Å². The van der Waals surface area contributed by atoms with Crippen molar-refractivity contribution in [3.8, 4) is 0 Å². The summed E-state index contributed by atoms with van der Waals surface area (Å²) in [6.45, 7) is 5.62. The van der Waals surface area contributed by atoms with Gasteiger partial charge in [0.25, 0.3) is 0 Å². The molecule has 0 bridgehead atoms. The zero-order valence-electron chi connectivity index (χ0n) is 9.53. The Morgan fingerprint density at radius 3 is 2.50 bits per heavy atom. The molecule has 6 heteroatoms. The third-order valence-electron chi connectivity index (χ3n) is 2.42. The molecule has 0 aromatic carbocycles. The Kier molecular flexibility index (Phi) is 4.79. The van der Waals surface area contributed by atoms with Crippen LogP contribution in [0.4, 0.5) is 0 Å². The van der Waals surface area contributed by atoms with Gasteiger partial charge < -0.3 is 0 Å². The number of sulfonamides is 1. The Morgan fingerprint density at radius 1 is 1.44 bits per heavy atom. The standard InChI is InChI=1S/C10H16ClNO2S2/c1-7(6-11)9(3)12-16(13,14)10-5-4-8(2)15-10/h4-5,7,9,12H,6H2,1-3H3. The number of aryl methyl sites for hydroxylation is 1. The Hall–Kier alpha value is -0.100. The van der Waals surface area contributed by atoms with Crippen molar-refractivity contribution < 1.29 is 8.42 Å². The smallest absolute Gasteiger partial charge is 0.207 e. The molecule has 16 heavy (non-hydrogen) atoms. The highest BCUT2D eigenvalue weighted by Gasteiger charge is 2.21. The van der Waals surface area contributed by atoms with Crippen molar-refractivity contribution in [2.75, 3.05) is 5.88 Å². The summed E-state index contributed by atoms with van der Waals surface area (Å²) >= 11 is 6.97. The SMILES string of the molecule is Cc1ccc(S(=O)(=O)NC(C)C(C)CCl)s1. The molecular weight excluding hydrogens is 266 g/mol. The lowest BCUT2D eigenvalue weighted by atomic mass is 10.1. The van der Waals surface area contributed by atoms with Gasteiger partial charge in [-0.1, -0.05) is 6.92 Å². The van der Waals surface area contributed by atoms with Crippen molar-refractivity contribution in [1.29, 1.82) is 0 Å². The van der Waals surface area contributed by atoms with Crippen LogP contribution in [-0.4, -0.2) is 20.3 Å². The molecule has 3 nitrogen and oxygen atoms in total. The molecule has 2 unspecified atom stereocenters. The number of hydrogen-bond donors (Lipinski definition) is 1. The monoisotopic (exact) mass is 281 g/mol. The third kappa shape index (κ3) is 3.45. The van der Waals surface area contributed by atoms with Crippen molar-refractivity contribution in [3.63, 3.8) is 0 Å². The van der Waals surface area contributed by atoms with E-state index in [9.17, 15) is 8.42 Å². The van der Waals surface area contributed by atoms with Gasteiger partial charge in [0.1, 0.15) is 4.21 Å². The number of rotatable bonds is 5. The van der Waals surface area contributed by atoms with Crippen molar-refractivity contribution in [3.05, 3.63) is 17.0 Å². The maximum Gasteiger partial charge on any atom is 0.250 e. The van der Waals surface area contributed by atoms with E-state index >= 15 is 0 Å². The van der Waals surface area contributed by atoms with Gasteiger partial charge in [-0.25, -0.2) is 13.1 Å². The number of thiophene rings is 1. The molecule has 92 valence electrons. The average Bonchev–Trinajstić information content (AvgIpc) is 2.63. The molecule has 0 saturated carbocycles. The van der Waals surface area contributed by atoms with Gasteiger partial charge in [0, 0.05) is 16.8 Å². The molecule has 1 N–H and O–H groups in total. The van der Waals surface area contributed by atoms with E-state index in [1.165, 1.54) is 11.3 Å². The first-order valence-corrected chi connectivity index (χ1v) is 7.85. The largest absolute Gasteiger partial charge is 0.250 e. The molecule has 0 aliphatic heterocycles. The molecular formula is C10H16ClNO2S2. The number of nitrogens with one attached hydrogen (secondary N) is 1. The van der Waals surface area contributed by atoms with Gasteiger partial charge in [-0.2, -0.15) is 0 Å². The highest BCUT2D eigenvalue weighted by atomic mass is 35.5. The second-order valence-corrected chi connectivity index (χ2v) is 7.44. The normalized spacial score (nSPS) is 16.0. The molecule has 0 aliphatic carbocycles. The quantitative estimate of drug-likeness (QED) is 0.844. The summed E-state index contributed by atoms with van der Waals surface area (Å²) in [5.74, 6) is 0.546. The van der Waals surface area contributed by atoms with Gasteiger partial charge in [0.05, 0.1) is 0 Å². The summed E-state index contributed by atoms with van der Waals surface area (Å²) in [6, 6.07) is 3.26. The molecule has 0 radical (unpaired) electrons. The summed E-state index contributed by atoms with van der Waals surface area (Å²) in [4.78, 5) is 0.985. The van der Waals surface area contributed by atoms with Crippen LogP contribution in [0.1, 0.15) is 18.7 Å². The van der Waals surface area contributed by atoms with Crippen LogP contribution >= 0.6 is 22.9 Å². The summed E-state index contributed by atoms with van der Waals surface area (Å²) in [7, 11) is -3.38. The second-order valence-electron chi connectivity index (χ2n) is 3.91. The summed E-state index contributed by atoms with van der Waals surface area (Å²) in [5.41, 5.74) is 0. The minimum absolute atomic E-state index is 0.109. The van der Waals surface area contributed by atoms with Crippen molar-refractivity contribution in [2.24, 2.45) is 5.92 Å². The number of hydrogen-bond acceptors (Lipinski definition) is 3. The van der Waals surface area contributed by atoms with E-state index in [0.717, 1.165) is 4.88 Å². The van der Waals surface area contributed by atoms with Crippen molar-refractivity contribution >= 4 is 33.0 Å². The van der Waals surface area contributed by atoms with Gasteiger partial charge >= 0.3 is 0 Å². The summed E-state index contributed by atoms with van der Waals surface area (Å²) in [6.07, 6.45) is 0. The Labute approximate surface area is 106 Å². The van der Waals surface area contributed by atoms with Crippen molar-refractivity contribution in [1.82, 2.24) is 4.72 Å². The van der Waals surface area contributed by atoms with Crippen molar-refractivity contribution in [2.45, 2.75) is 31.0 Å². The van der Waals surface area contributed by atoms with E-state index in [1.807, 2.05) is 20.8 Å². The fourth-order valence-electron chi connectivity index (χ4n) is 1.11. The molecule has 1 aromatic heterocycles. The predicted octanol–water partition coefficient (Wildman–Crippen LogP) is 2.60. The van der Waals surface area contributed by atoms with E-state index in [1.54, 1.807) is 12.1 Å². The van der Waals surface area contributed by atoms with E-state index < -0.39 is 10.0 Å². The summed E-state index contributed by atoms with van der Waals surface area (Å²) in [5, 5.41) is 0. The van der Waals surface area contributed by atoms with E-state index in [2.05, 4.69) is 4.72 Å². The molecule has 0 fully saturated rings. The predicted molar refractivity (Wildman–Crippen MR) is 68.7 cm³/mol. The number of alkyl halides is 1. The van der Waals surface area contributed by atoms with Gasteiger partial charge in [0.2, 0.25) is 10.0 Å². The van der Waals surface area contributed by atoms with Crippen LogP contribution in [0, 0.1) is 12.8 Å². The van der Waals surface area contributed by atoms with Crippen LogP contribution in [0.3, 0.4) is 0 Å². The Balaban J connectivity index is 2.80. The molecule has 1 heterocycles. The van der Waals surface area contributed by atoms with Crippen LogP contribution in [-0.2, 0) is 10.0 Å². The van der Waals surface area contributed by atoms with Crippen LogP contribution in [0.25, 0.3) is 0 Å². The molecule has 2 atom stereocenters. The first kappa shape index (κ1) is 14.0. The summed E-state index contributed by atoms with van der Waals surface area (Å²) < 4.78 is 26.9. The van der Waals surface area contributed by atoms with Crippen LogP contribution in [0.5, 0.6) is 0 Å². The zero-order chi connectivity index (χ0) is 12.3. The first-order chi connectivity index (χ1) is 7.36. The maximum absolute atomic E-state index is 11.9. The molecule has 0 amide bonds. The Morgan fingerprint density at radius 2 is 2.06 bits per heavy atom. The van der Waals surface area contributed by atoms with Gasteiger partial charge in [0.15, 0.2) is 0 Å². The number of halogens is 1. The third-order valence-corrected chi connectivity index (χ3v) is 5.96. The van der Waals surface area contributed by atoms with Crippen LogP contribution in [0.15, 0.2) is 16.3 Å². The molecule has 0 aliphatic rings. The second kappa shape index (κ2) is 5.49. The maximum atomic E-state index is 11.9. The van der Waals surface area contributed by atoms with Gasteiger partial charge in [-0.05, 0) is 31.9 Å². The lowest BCUT2D eigenvalue weighted by Crippen LogP contribution is -2.37. The topological polar surface area (TPSA) is 46.2 Å². The Bertz CT molecular complexity index is 441. The van der Waals surface area contributed by atoms with Gasteiger partial charge in [-0.3, -0.25) is 0 Å². The lowest BCUT2D eigenvalue weighted by molar-refractivity contribution is 0.481.